The van der Waals surface area contributed by atoms with Crippen LogP contribution < -0.4 is 15.0 Å². The zero-order valence-corrected chi connectivity index (χ0v) is 42.0. The van der Waals surface area contributed by atoms with Crippen LogP contribution in [-0.4, -0.2) is 118 Å². The SMILES string of the molecule is C=CCN(CC=C)C(=O)C(Cl)Cl.CCOC(=O)COC(=O)c1cc(Oc2ccc(C(F)(F)F)cc2Cl)ccc1[N+](=O)[O-].CCc1cccc(CC)c1N(COC)C(=O)CCl.O=C(O)CNCP(=O)(O)O. The molecule has 0 saturated carbocycles. The molecule has 0 aliphatic carbocycles. The number of anilines is 1. The van der Waals surface area contributed by atoms with E-state index >= 15 is 0 Å². The maximum Gasteiger partial charge on any atom is 0.416 e. The van der Waals surface area contributed by atoms with Crippen LogP contribution in [0.25, 0.3) is 0 Å². The number of benzene rings is 3. The van der Waals surface area contributed by atoms with Gasteiger partial charge in [0.2, 0.25) is 5.91 Å². The minimum absolute atomic E-state index is 0.0371. The third-order valence-electron chi connectivity index (χ3n) is 8.20. The molecule has 3 aromatic carbocycles. The quantitative estimate of drug-likeness (QED) is 0.0140. The summed E-state index contributed by atoms with van der Waals surface area (Å²) in [6.07, 6.45) is -0.238. The number of halogens is 7. The molecule has 0 aliphatic rings. The van der Waals surface area contributed by atoms with Crippen molar-refractivity contribution in [2.24, 2.45) is 0 Å². The molecule has 0 bridgehead atoms. The number of alkyl halides is 6. The van der Waals surface area contributed by atoms with Gasteiger partial charge in [-0.15, -0.1) is 24.8 Å². The van der Waals surface area contributed by atoms with Crippen molar-refractivity contribution in [2.45, 2.75) is 44.6 Å². The number of carboxylic acids is 1. The third kappa shape index (κ3) is 24.5. The first-order chi connectivity index (χ1) is 32.8. The average molecular weight is 1090 g/mol. The Morgan fingerprint density at radius 2 is 1.54 bits per heavy atom. The summed E-state index contributed by atoms with van der Waals surface area (Å²) in [5.74, 6) is -3.99. The lowest BCUT2D eigenvalue weighted by Gasteiger charge is -2.26. The summed E-state index contributed by atoms with van der Waals surface area (Å²) in [4.78, 5) is 85.1. The molecule has 19 nitrogen and oxygen atoms in total. The predicted octanol–water partition coefficient (Wildman–Crippen LogP) is 8.55. The Kier molecular flexibility index (Phi) is 30.8. The number of nitro groups is 1. The minimum Gasteiger partial charge on any atom is -0.480 e. The van der Waals surface area contributed by atoms with E-state index in [0.717, 1.165) is 60.0 Å². The van der Waals surface area contributed by atoms with Gasteiger partial charge in [0, 0.05) is 32.3 Å². The molecule has 3 rings (SSSR count). The molecule has 0 radical (unpaired) electrons. The van der Waals surface area contributed by atoms with E-state index in [0.29, 0.717) is 19.2 Å². The van der Waals surface area contributed by atoms with Gasteiger partial charge in [0.05, 0.1) is 40.6 Å². The lowest BCUT2D eigenvalue weighted by molar-refractivity contribution is -0.385. The number of esters is 2. The lowest BCUT2D eigenvalue weighted by atomic mass is 10.0. The Hall–Kier alpha value is -5.29. The van der Waals surface area contributed by atoms with Gasteiger partial charge >= 0.3 is 31.7 Å². The van der Waals surface area contributed by atoms with Gasteiger partial charge in [-0.1, -0.05) is 79.0 Å². The fraction of sp³-hybridized carbons (Fsp3) is 0.372. The molecule has 2 amide bonds. The highest BCUT2D eigenvalue weighted by Crippen LogP contribution is 2.37. The van der Waals surface area contributed by atoms with Gasteiger partial charge in [-0.2, -0.15) is 13.2 Å². The van der Waals surface area contributed by atoms with Crippen LogP contribution in [-0.2, 0) is 57.0 Å². The number of carboxylic acid groups (broad SMARTS) is 1. The predicted molar refractivity (Wildman–Crippen MR) is 257 cm³/mol. The number of rotatable bonds is 22. The molecule has 0 aromatic heterocycles. The smallest absolute Gasteiger partial charge is 0.416 e. The number of carbonyl (C=O) groups excluding carboxylic acids is 4. The molecule has 388 valence electrons. The Morgan fingerprint density at radius 1 is 0.957 bits per heavy atom. The summed E-state index contributed by atoms with van der Waals surface area (Å²) in [7, 11) is -2.52. The van der Waals surface area contributed by atoms with Crippen molar-refractivity contribution in [3.63, 3.8) is 0 Å². The fourth-order valence-corrected chi connectivity index (χ4v) is 6.27. The Bertz CT molecular complexity index is 2260. The van der Waals surface area contributed by atoms with Gasteiger partial charge in [0.25, 0.3) is 11.6 Å². The maximum atomic E-state index is 12.7. The monoisotopic (exact) mass is 1090 g/mol. The normalized spacial score (nSPS) is 10.7. The number of carbonyl (C=O) groups is 5. The van der Waals surface area contributed by atoms with Crippen molar-refractivity contribution in [2.75, 3.05) is 63.8 Å². The fourth-order valence-electron chi connectivity index (χ4n) is 5.23. The van der Waals surface area contributed by atoms with Crippen molar-refractivity contribution < 1.29 is 80.5 Å². The molecule has 4 N–H and O–H groups in total. The Morgan fingerprint density at radius 3 is 1.97 bits per heavy atom. The van der Waals surface area contributed by atoms with Crippen molar-refractivity contribution in [1.29, 1.82) is 0 Å². The van der Waals surface area contributed by atoms with Crippen LogP contribution in [0.1, 0.15) is 47.8 Å². The molecule has 0 aliphatic heterocycles. The standard InChI is InChI=1S/C18H13ClF3NO7.C14H20ClNO2.C8H11Cl2NO.C3H8NO5P/c1-2-28-16(24)9-29-17(25)12-8-11(4-5-14(12)23(26)27)30-15-6-3-10(7-13(15)19)18(20,21)22;1-4-11-7-6-8-12(5-2)14(11)16(10-18-3)13(17)9-15;1-3-5-11(6-4-2)8(12)7(9)10;5-3(6)1-4-2-10(7,8)9/h3-8H,2,9H2,1H3;6-8H,4-5,9-10H2,1-3H3;3-4,7H,1-2,5-6H2;4H,1-2H2,(H,5,6)(H2,7,8,9). The van der Waals surface area contributed by atoms with E-state index < -0.39 is 77.7 Å². The number of hydrogen-bond donors (Lipinski definition) is 4. The molecule has 0 heterocycles. The molecule has 0 spiro atoms. The largest absolute Gasteiger partial charge is 0.480 e. The van der Waals surface area contributed by atoms with Crippen molar-refractivity contribution in [3.8, 4) is 11.5 Å². The van der Waals surface area contributed by atoms with Crippen LogP contribution in [0, 0.1) is 10.1 Å². The van der Waals surface area contributed by atoms with Gasteiger partial charge in [0.15, 0.2) is 11.4 Å². The summed E-state index contributed by atoms with van der Waals surface area (Å²) in [5.41, 5.74) is 1.08. The van der Waals surface area contributed by atoms with Crippen LogP contribution in [0.15, 0.2) is 79.9 Å². The average Bonchev–Trinajstić information content (AvgIpc) is 3.29. The second-order valence-electron chi connectivity index (χ2n) is 13.3. The molecular formula is C43H52Cl4F3N4O15P. The number of aryl methyl sites for hydroxylation is 2. The summed E-state index contributed by atoms with van der Waals surface area (Å²) < 4.78 is 68.0. The van der Waals surface area contributed by atoms with E-state index in [-0.39, 0.29) is 47.6 Å². The van der Waals surface area contributed by atoms with Crippen LogP contribution in [0.4, 0.5) is 24.5 Å². The Labute approximate surface area is 421 Å². The first-order valence-corrected chi connectivity index (χ1v) is 23.7. The number of nitrogens with zero attached hydrogens (tertiary/aromatic N) is 3. The molecule has 0 unspecified atom stereocenters. The molecule has 3 aromatic rings. The maximum absolute atomic E-state index is 12.7. The van der Waals surface area contributed by atoms with Crippen LogP contribution >= 0.6 is 54.0 Å². The van der Waals surface area contributed by atoms with E-state index in [1.807, 2.05) is 18.2 Å². The van der Waals surface area contributed by atoms with E-state index in [1.165, 1.54) is 11.8 Å². The number of nitro benzene ring substituents is 1. The zero-order valence-electron chi connectivity index (χ0n) is 38.1. The summed E-state index contributed by atoms with van der Waals surface area (Å²) in [6.45, 7) is 12.7. The van der Waals surface area contributed by atoms with E-state index in [1.54, 1.807) is 24.2 Å². The van der Waals surface area contributed by atoms with Crippen LogP contribution in [0.3, 0.4) is 0 Å². The van der Waals surface area contributed by atoms with Gasteiger partial charge < -0.3 is 38.7 Å². The van der Waals surface area contributed by atoms with Gasteiger partial charge in [-0.05, 0) is 55.2 Å². The second kappa shape index (κ2) is 33.3. The van der Waals surface area contributed by atoms with E-state index in [9.17, 15) is 51.8 Å². The number of nitrogens with one attached hydrogen (secondary N) is 1. The zero-order chi connectivity index (χ0) is 53.8. The molecule has 0 saturated heterocycles. The second-order valence-corrected chi connectivity index (χ2v) is 16.7. The highest BCUT2D eigenvalue weighted by Gasteiger charge is 2.31. The van der Waals surface area contributed by atoms with Gasteiger partial charge in [-0.25, -0.2) is 9.59 Å². The first-order valence-electron chi connectivity index (χ1n) is 20.1. The summed E-state index contributed by atoms with van der Waals surface area (Å²) in [5, 5.41) is 20.9. The number of para-hydroxylation sites is 1. The topological polar surface area (TPSA) is 262 Å². The molecule has 70 heavy (non-hydrogen) atoms. The number of ether oxygens (including phenoxy) is 4. The number of amides is 2. The molecule has 0 atom stereocenters. The van der Waals surface area contributed by atoms with E-state index in [4.69, 9.17) is 75.5 Å². The van der Waals surface area contributed by atoms with Gasteiger partial charge in [-0.3, -0.25) is 39.3 Å². The summed E-state index contributed by atoms with van der Waals surface area (Å²) >= 11 is 22.3. The van der Waals surface area contributed by atoms with Crippen molar-refractivity contribution in [1.82, 2.24) is 10.2 Å². The highest BCUT2D eigenvalue weighted by atomic mass is 35.5. The summed E-state index contributed by atoms with van der Waals surface area (Å²) in [6, 6.07) is 11.5. The lowest BCUT2D eigenvalue weighted by Crippen LogP contribution is -2.35. The third-order valence-corrected chi connectivity index (χ3v) is 9.73. The number of aliphatic carboxylic acids is 1. The molecule has 27 heteroatoms. The van der Waals surface area contributed by atoms with E-state index in [2.05, 4.69) is 37.1 Å². The molecular weight excluding hydrogens is 1040 g/mol. The number of hydrogen-bond acceptors (Lipinski definition) is 13. The highest BCUT2D eigenvalue weighted by molar-refractivity contribution is 7.51. The first kappa shape index (κ1) is 64.7. The molecule has 0 fully saturated rings. The van der Waals surface area contributed by atoms with Crippen LogP contribution in [0.5, 0.6) is 11.5 Å². The van der Waals surface area contributed by atoms with Crippen molar-refractivity contribution >= 4 is 95.1 Å². The number of methoxy groups -OCH3 is 1. The van der Waals surface area contributed by atoms with Gasteiger partial charge in [0.1, 0.15) is 29.7 Å². The van der Waals surface area contributed by atoms with Crippen LogP contribution in [0.2, 0.25) is 5.02 Å². The van der Waals surface area contributed by atoms with Crippen molar-refractivity contribution in [3.05, 3.63) is 117 Å². The minimum atomic E-state index is -4.61. The Balaban J connectivity index is 0.00000101.